The summed E-state index contributed by atoms with van der Waals surface area (Å²) in [5.74, 6) is -1.28. The van der Waals surface area contributed by atoms with Gasteiger partial charge in [0.05, 0.1) is 5.92 Å². The molecule has 0 fully saturated rings. The van der Waals surface area contributed by atoms with Crippen LogP contribution in [0.1, 0.15) is 0 Å². The van der Waals surface area contributed by atoms with Gasteiger partial charge in [-0.15, -0.1) is 0 Å². The molecule has 0 heterocycles. The Hall–Kier alpha value is -0.700. The Morgan fingerprint density at radius 3 is 2.40 bits per heavy atom. The van der Waals surface area contributed by atoms with Crippen LogP contribution in [0.4, 0.5) is 0 Å². The molecule has 1 aliphatic carbocycles. The van der Waals surface area contributed by atoms with E-state index in [0.29, 0.717) is 0 Å². The number of carboxylic acids is 1. The molecule has 0 aliphatic heterocycles. The van der Waals surface area contributed by atoms with Crippen LogP contribution in [0.3, 0.4) is 0 Å². The minimum Gasteiger partial charge on any atom is -0.481 e. The van der Waals surface area contributed by atoms with Crippen molar-refractivity contribution >= 4 is 18.6 Å². The van der Waals surface area contributed by atoms with Gasteiger partial charge in [-0.25, -0.2) is 0 Å². The first kappa shape index (κ1) is 7.41. The van der Waals surface area contributed by atoms with Crippen LogP contribution in [0.25, 0.3) is 0 Å². The predicted octanol–water partition coefficient (Wildman–Crippen LogP) is 1.11. The van der Waals surface area contributed by atoms with Gasteiger partial charge in [-0.3, -0.25) is 4.79 Å². The smallest absolute Gasteiger partial charge is 0.311 e. The van der Waals surface area contributed by atoms with E-state index in [1.54, 1.807) is 24.3 Å². The molecule has 0 aromatic heterocycles. The van der Waals surface area contributed by atoms with Crippen LogP contribution in [-0.4, -0.2) is 16.3 Å². The molecule has 2 atom stereocenters. The van der Waals surface area contributed by atoms with Gasteiger partial charge in [0.15, 0.2) is 0 Å². The van der Waals surface area contributed by atoms with Crippen molar-refractivity contribution < 1.29 is 9.90 Å². The Bertz CT molecular complexity index is 196. The van der Waals surface area contributed by atoms with E-state index < -0.39 is 11.9 Å². The van der Waals surface area contributed by atoms with Gasteiger partial charge in [0.2, 0.25) is 0 Å². The van der Waals surface area contributed by atoms with Gasteiger partial charge in [-0.2, -0.15) is 12.6 Å². The second kappa shape index (κ2) is 2.92. The zero-order chi connectivity index (χ0) is 7.56. The summed E-state index contributed by atoms with van der Waals surface area (Å²) in [5.41, 5.74) is 0. The first-order valence-electron chi connectivity index (χ1n) is 2.97. The Labute approximate surface area is 64.7 Å². The van der Waals surface area contributed by atoms with Crippen molar-refractivity contribution in [2.24, 2.45) is 5.92 Å². The van der Waals surface area contributed by atoms with Gasteiger partial charge in [0.1, 0.15) is 0 Å². The van der Waals surface area contributed by atoms with Crippen molar-refractivity contribution in [3.8, 4) is 0 Å². The third-order valence-corrected chi connectivity index (χ3v) is 1.88. The molecule has 1 rings (SSSR count). The highest BCUT2D eigenvalue weighted by atomic mass is 32.1. The normalized spacial score (nSPS) is 30.5. The summed E-state index contributed by atoms with van der Waals surface area (Å²) in [5, 5.41) is 8.40. The number of thiol groups is 1. The first-order chi connectivity index (χ1) is 4.72. The Morgan fingerprint density at radius 2 is 2.00 bits per heavy atom. The molecule has 54 valence electrons. The fraction of sp³-hybridized carbons (Fsp3) is 0.286. The maximum atomic E-state index is 10.4. The molecular weight excluding hydrogens is 148 g/mol. The molecule has 10 heavy (non-hydrogen) atoms. The summed E-state index contributed by atoms with van der Waals surface area (Å²) in [6.07, 6.45) is 6.94. The summed E-state index contributed by atoms with van der Waals surface area (Å²) >= 11 is 4.08. The van der Waals surface area contributed by atoms with Crippen molar-refractivity contribution in [2.45, 2.75) is 5.25 Å². The Balaban J connectivity index is 2.70. The van der Waals surface area contributed by atoms with Crippen LogP contribution < -0.4 is 0 Å². The van der Waals surface area contributed by atoms with E-state index in [2.05, 4.69) is 12.6 Å². The van der Waals surface area contributed by atoms with E-state index >= 15 is 0 Å². The number of hydrogen-bond donors (Lipinski definition) is 2. The van der Waals surface area contributed by atoms with Crippen LogP contribution >= 0.6 is 12.6 Å². The summed E-state index contributed by atoms with van der Waals surface area (Å²) in [6, 6.07) is 0. The number of carboxylic acid groups (broad SMARTS) is 1. The van der Waals surface area contributed by atoms with E-state index in [0.717, 1.165) is 0 Å². The number of carbonyl (C=O) groups is 1. The lowest BCUT2D eigenvalue weighted by molar-refractivity contribution is -0.139. The maximum Gasteiger partial charge on any atom is 0.311 e. The molecule has 1 unspecified atom stereocenters. The van der Waals surface area contributed by atoms with E-state index in [1.165, 1.54) is 0 Å². The van der Waals surface area contributed by atoms with Crippen molar-refractivity contribution in [3.63, 3.8) is 0 Å². The SMILES string of the molecule is O=C(O)C1C=CC=C[C@H]1S. The monoisotopic (exact) mass is 156 g/mol. The minimum absolute atomic E-state index is 0.178. The summed E-state index contributed by atoms with van der Waals surface area (Å²) < 4.78 is 0. The van der Waals surface area contributed by atoms with Crippen LogP contribution in [0.15, 0.2) is 24.3 Å². The van der Waals surface area contributed by atoms with Gasteiger partial charge in [-0.1, -0.05) is 24.3 Å². The lowest BCUT2D eigenvalue weighted by atomic mass is 10.0. The molecule has 1 N–H and O–H groups in total. The zero-order valence-corrected chi connectivity index (χ0v) is 6.16. The van der Waals surface area contributed by atoms with Crippen molar-refractivity contribution in [3.05, 3.63) is 24.3 Å². The third-order valence-electron chi connectivity index (χ3n) is 1.39. The van der Waals surface area contributed by atoms with Gasteiger partial charge >= 0.3 is 5.97 Å². The number of rotatable bonds is 1. The lowest BCUT2D eigenvalue weighted by Crippen LogP contribution is -2.21. The lowest BCUT2D eigenvalue weighted by Gasteiger charge is -2.13. The topological polar surface area (TPSA) is 37.3 Å². The van der Waals surface area contributed by atoms with Gasteiger partial charge in [0.25, 0.3) is 0 Å². The van der Waals surface area contributed by atoms with Gasteiger partial charge in [-0.05, 0) is 0 Å². The molecule has 0 aromatic carbocycles. The molecule has 2 nitrogen and oxygen atoms in total. The van der Waals surface area contributed by atoms with Crippen LogP contribution in [0.2, 0.25) is 0 Å². The fourth-order valence-corrected chi connectivity index (χ4v) is 1.15. The minimum atomic E-state index is -0.819. The highest BCUT2D eigenvalue weighted by Gasteiger charge is 2.21. The average Bonchev–Trinajstić information content (AvgIpc) is 1.88. The number of hydrogen-bond acceptors (Lipinski definition) is 2. The fourth-order valence-electron chi connectivity index (χ4n) is 0.824. The summed E-state index contributed by atoms with van der Waals surface area (Å²) in [7, 11) is 0. The molecule has 0 bridgehead atoms. The molecule has 0 aromatic rings. The molecule has 3 heteroatoms. The Morgan fingerprint density at radius 1 is 1.40 bits per heavy atom. The molecule has 0 saturated carbocycles. The third kappa shape index (κ3) is 1.42. The quantitative estimate of drug-likeness (QED) is 0.558. The zero-order valence-electron chi connectivity index (χ0n) is 5.27. The maximum absolute atomic E-state index is 10.4. The molecule has 0 spiro atoms. The van der Waals surface area contributed by atoms with Crippen LogP contribution in [-0.2, 0) is 4.79 Å². The molecule has 1 aliphatic rings. The van der Waals surface area contributed by atoms with Crippen LogP contribution in [0, 0.1) is 5.92 Å². The van der Waals surface area contributed by atoms with E-state index in [9.17, 15) is 4.79 Å². The van der Waals surface area contributed by atoms with E-state index in [4.69, 9.17) is 5.11 Å². The standard InChI is InChI=1S/C7H8O2S/c8-7(9)5-3-1-2-4-6(5)10/h1-6,10H,(H,8,9)/t5?,6-/m1/s1. The van der Waals surface area contributed by atoms with Crippen molar-refractivity contribution in [1.29, 1.82) is 0 Å². The van der Waals surface area contributed by atoms with Crippen LogP contribution in [0.5, 0.6) is 0 Å². The highest BCUT2D eigenvalue weighted by Crippen LogP contribution is 2.17. The average molecular weight is 156 g/mol. The number of aliphatic carboxylic acids is 1. The van der Waals surface area contributed by atoms with Gasteiger partial charge < -0.3 is 5.11 Å². The van der Waals surface area contributed by atoms with E-state index in [1.807, 2.05) is 0 Å². The molecule has 0 radical (unpaired) electrons. The number of allylic oxidation sites excluding steroid dienone is 2. The summed E-state index contributed by atoms with van der Waals surface area (Å²) in [6.45, 7) is 0. The highest BCUT2D eigenvalue weighted by molar-refractivity contribution is 7.81. The summed E-state index contributed by atoms with van der Waals surface area (Å²) in [4.78, 5) is 10.4. The second-order valence-electron chi connectivity index (χ2n) is 2.12. The molecule has 0 amide bonds. The second-order valence-corrected chi connectivity index (χ2v) is 2.72. The predicted molar refractivity (Wildman–Crippen MR) is 42.2 cm³/mol. The molecular formula is C7H8O2S. The van der Waals surface area contributed by atoms with Crippen molar-refractivity contribution in [1.82, 2.24) is 0 Å². The van der Waals surface area contributed by atoms with E-state index in [-0.39, 0.29) is 5.25 Å². The van der Waals surface area contributed by atoms with Crippen molar-refractivity contribution in [2.75, 3.05) is 0 Å². The largest absolute Gasteiger partial charge is 0.481 e. The first-order valence-corrected chi connectivity index (χ1v) is 3.49. The Kier molecular flexibility index (Phi) is 2.17. The van der Waals surface area contributed by atoms with Gasteiger partial charge in [0, 0.05) is 5.25 Å². The molecule has 0 saturated heterocycles.